The van der Waals surface area contributed by atoms with E-state index in [0.29, 0.717) is 19.2 Å². The Balaban J connectivity index is 0.00000625. The van der Waals surface area contributed by atoms with Gasteiger partial charge in [-0.15, -0.1) is 24.0 Å². The van der Waals surface area contributed by atoms with Gasteiger partial charge in [0.1, 0.15) is 12.4 Å². The smallest absolute Gasteiger partial charge is 0.191 e. The SMILES string of the molecule is CCNC(=NCCOc1ccccc1)NC(C)CCCN(CC)CC.I. The summed E-state index contributed by atoms with van der Waals surface area (Å²) >= 11 is 0. The average Bonchev–Trinajstić information content (AvgIpc) is 2.63. The maximum atomic E-state index is 5.69. The van der Waals surface area contributed by atoms with Crippen LogP contribution in [0.3, 0.4) is 0 Å². The summed E-state index contributed by atoms with van der Waals surface area (Å²) in [7, 11) is 0. The minimum Gasteiger partial charge on any atom is -0.492 e. The summed E-state index contributed by atoms with van der Waals surface area (Å²) in [6.45, 7) is 14.2. The maximum absolute atomic E-state index is 5.69. The molecule has 6 heteroatoms. The second-order valence-corrected chi connectivity index (χ2v) is 6.14. The second kappa shape index (κ2) is 16.2. The number of hydrogen-bond donors (Lipinski definition) is 2. The molecular formula is C20H37IN4O. The summed E-state index contributed by atoms with van der Waals surface area (Å²) in [5.41, 5.74) is 0. The molecule has 0 aliphatic rings. The third kappa shape index (κ3) is 11.6. The van der Waals surface area contributed by atoms with Crippen LogP contribution in [0.4, 0.5) is 0 Å². The van der Waals surface area contributed by atoms with E-state index in [1.54, 1.807) is 0 Å². The molecule has 2 N–H and O–H groups in total. The highest BCUT2D eigenvalue weighted by molar-refractivity contribution is 14.0. The molecule has 0 aliphatic heterocycles. The molecule has 150 valence electrons. The normalized spacial score (nSPS) is 12.4. The molecule has 5 nitrogen and oxygen atoms in total. The molecule has 0 spiro atoms. The molecule has 0 aromatic heterocycles. The summed E-state index contributed by atoms with van der Waals surface area (Å²) in [6, 6.07) is 10.3. The van der Waals surface area contributed by atoms with Crippen molar-refractivity contribution in [1.82, 2.24) is 15.5 Å². The Labute approximate surface area is 177 Å². The predicted molar refractivity (Wildman–Crippen MR) is 123 cm³/mol. The molecule has 1 aromatic rings. The summed E-state index contributed by atoms with van der Waals surface area (Å²) in [6.07, 6.45) is 2.34. The van der Waals surface area contributed by atoms with Gasteiger partial charge >= 0.3 is 0 Å². The largest absolute Gasteiger partial charge is 0.492 e. The molecule has 0 saturated carbocycles. The van der Waals surface area contributed by atoms with Crippen molar-refractivity contribution in [2.75, 3.05) is 39.3 Å². The Morgan fingerprint density at radius 3 is 2.46 bits per heavy atom. The van der Waals surface area contributed by atoms with Crippen molar-refractivity contribution in [2.45, 2.75) is 46.6 Å². The molecule has 0 amide bonds. The lowest BCUT2D eigenvalue weighted by atomic mass is 10.2. The maximum Gasteiger partial charge on any atom is 0.191 e. The third-order valence-corrected chi connectivity index (χ3v) is 4.11. The zero-order valence-electron chi connectivity index (χ0n) is 16.8. The van der Waals surface area contributed by atoms with E-state index in [-0.39, 0.29) is 24.0 Å². The molecule has 0 fully saturated rings. The Morgan fingerprint density at radius 2 is 1.85 bits per heavy atom. The number of nitrogens with zero attached hydrogens (tertiary/aromatic N) is 2. The molecule has 0 saturated heterocycles. The second-order valence-electron chi connectivity index (χ2n) is 6.14. The fourth-order valence-corrected chi connectivity index (χ4v) is 2.62. The van der Waals surface area contributed by atoms with Gasteiger partial charge in [0.25, 0.3) is 0 Å². The minimum atomic E-state index is 0. The number of benzene rings is 1. The van der Waals surface area contributed by atoms with E-state index in [1.165, 1.54) is 6.42 Å². The summed E-state index contributed by atoms with van der Waals surface area (Å²) in [4.78, 5) is 7.07. The molecule has 1 aromatic carbocycles. The Morgan fingerprint density at radius 1 is 1.15 bits per heavy atom. The molecule has 1 rings (SSSR count). The van der Waals surface area contributed by atoms with Crippen molar-refractivity contribution >= 4 is 29.9 Å². The lowest BCUT2D eigenvalue weighted by Gasteiger charge is -2.21. The van der Waals surface area contributed by atoms with Crippen LogP contribution >= 0.6 is 24.0 Å². The van der Waals surface area contributed by atoms with E-state index < -0.39 is 0 Å². The Kier molecular flexibility index (Phi) is 15.5. The van der Waals surface area contributed by atoms with Crippen molar-refractivity contribution in [3.05, 3.63) is 30.3 Å². The van der Waals surface area contributed by atoms with E-state index in [9.17, 15) is 0 Å². The number of nitrogens with one attached hydrogen (secondary N) is 2. The first kappa shape index (κ1) is 25.0. The molecule has 0 heterocycles. The first-order valence-corrected chi connectivity index (χ1v) is 9.64. The molecule has 0 bridgehead atoms. The number of hydrogen-bond acceptors (Lipinski definition) is 3. The van der Waals surface area contributed by atoms with Crippen molar-refractivity contribution in [3.63, 3.8) is 0 Å². The summed E-state index contributed by atoms with van der Waals surface area (Å²) in [5.74, 6) is 1.76. The van der Waals surface area contributed by atoms with E-state index in [2.05, 4.69) is 48.2 Å². The highest BCUT2D eigenvalue weighted by Gasteiger charge is 2.06. The fraction of sp³-hybridized carbons (Fsp3) is 0.650. The first-order valence-electron chi connectivity index (χ1n) is 9.64. The summed E-state index contributed by atoms with van der Waals surface area (Å²) in [5, 5.41) is 6.80. The van der Waals surface area contributed by atoms with Crippen LogP contribution in [0.2, 0.25) is 0 Å². The van der Waals surface area contributed by atoms with Gasteiger partial charge in [-0.1, -0.05) is 32.0 Å². The van der Waals surface area contributed by atoms with Crippen LogP contribution in [0, 0.1) is 0 Å². The fourth-order valence-electron chi connectivity index (χ4n) is 2.62. The Bertz CT molecular complexity index is 466. The quantitative estimate of drug-likeness (QED) is 0.209. The van der Waals surface area contributed by atoms with Gasteiger partial charge in [0, 0.05) is 12.6 Å². The van der Waals surface area contributed by atoms with Crippen molar-refractivity contribution < 1.29 is 4.74 Å². The Hall–Kier alpha value is -1.02. The van der Waals surface area contributed by atoms with E-state index >= 15 is 0 Å². The zero-order valence-corrected chi connectivity index (χ0v) is 19.2. The van der Waals surface area contributed by atoms with Crippen molar-refractivity contribution in [2.24, 2.45) is 4.99 Å². The lowest BCUT2D eigenvalue weighted by molar-refractivity contribution is 0.292. The molecule has 1 atom stereocenters. The van der Waals surface area contributed by atoms with Crippen LogP contribution in [-0.4, -0.2) is 56.2 Å². The van der Waals surface area contributed by atoms with E-state index in [1.807, 2.05) is 30.3 Å². The topological polar surface area (TPSA) is 48.9 Å². The number of aliphatic imine (C=N–C) groups is 1. The number of rotatable bonds is 12. The van der Waals surface area contributed by atoms with Crippen molar-refractivity contribution in [3.8, 4) is 5.75 Å². The van der Waals surface area contributed by atoms with E-state index in [0.717, 1.165) is 44.3 Å². The van der Waals surface area contributed by atoms with Gasteiger partial charge in [-0.2, -0.15) is 0 Å². The molecule has 1 unspecified atom stereocenters. The summed E-state index contributed by atoms with van der Waals surface area (Å²) < 4.78 is 5.69. The molecular weight excluding hydrogens is 439 g/mol. The zero-order chi connectivity index (χ0) is 18.3. The average molecular weight is 476 g/mol. The van der Waals surface area contributed by atoms with Crippen LogP contribution in [0.15, 0.2) is 35.3 Å². The van der Waals surface area contributed by atoms with E-state index in [4.69, 9.17) is 4.74 Å². The van der Waals surface area contributed by atoms with Gasteiger partial charge in [0.2, 0.25) is 0 Å². The van der Waals surface area contributed by atoms with Crippen LogP contribution in [0.1, 0.15) is 40.5 Å². The van der Waals surface area contributed by atoms with Gasteiger partial charge in [-0.05, 0) is 58.5 Å². The number of para-hydroxylation sites is 1. The number of halogens is 1. The number of guanidine groups is 1. The van der Waals surface area contributed by atoms with Gasteiger partial charge in [-0.3, -0.25) is 0 Å². The molecule has 0 radical (unpaired) electrons. The van der Waals surface area contributed by atoms with Gasteiger partial charge in [0.15, 0.2) is 5.96 Å². The predicted octanol–water partition coefficient (Wildman–Crippen LogP) is 3.75. The van der Waals surface area contributed by atoms with Crippen LogP contribution in [0.25, 0.3) is 0 Å². The minimum absolute atomic E-state index is 0. The van der Waals surface area contributed by atoms with Crippen LogP contribution < -0.4 is 15.4 Å². The third-order valence-electron chi connectivity index (χ3n) is 4.11. The number of ether oxygens (including phenoxy) is 1. The van der Waals surface area contributed by atoms with Crippen LogP contribution in [-0.2, 0) is 0 Å². The first-order chi connectivity index (χ1) is 12.2. The van der Waals surface area contributed by atoms with Crippen molar-refractivity contribution in [1.29, 1.82) is 0 Å². The highest BCUT2D eigenvalue weighted by Crippen LogP contribution is 2.07. The highest BCUT2D eigenvalue weighted by atomic mass is 127. The standard InChI is InChI=1S/C20H36N4O.HI/c1-5-21-20(22-15-17-25-19-13-9-8-10-14-19)23-18(4)12-11-16-24(6-2)7-3;/h8-10,13-14,18H,5-7,11-12,15-17H2,1-4H3,(H2,21,22,23);1H. The lowest BCUT2D eigenvalue weighted by Crippen LogP contribution is -2.42. The molecule has 0 aliphatic carbocycles. The van der Waals surface area contributed by atoms with Gasteiger partial charge < -0.3 is 20.3 Å². The molecule has 26 heavy (non-hydrogen) atoms. The van der Waals surface area contributed by atoms with Crippen LogP contribution in [0.5, 0.6) is 5.75 Å². The monoisotopic (exact) mass is 476 g/mol. The van der Waals surface area contributed by atoms with Gasteiger partial charge in [0.05, 0.1) is 6.54 Å². The van der Waals surface area contributed by atoms with Gasteiger partial charge in [-0.25, -0.2) is 4.99 Å².